The molecule has 2 aromatic heterocycles. The van der Waals surface area contributed by atoms with Crippen molar-refractivity contribution in [3.63, 3.8) is 0 Å². The van der Waals surface area contributed by atoms with Crippen LogP contribution < -0.4 is 11.0 Å². The SMILES string of the molecule is C/C(=N/Nc1nc(C)cc(=O)[nH]1)c1ccc(-n2cnc3ccccc32)cc1. The minimum absolute atomic E-state index is 0.213. The summed E-state index contributed by atoms with van der Waals surface area (Å²) in [5.74, 6) is 0.320. The van der Waals surface area contributed by atoms with Crippen molar-refractivity contribution in [3.05, 3.63) is 82.5 Å². The van der Waals surface area contributed by atoms with Gasteiger partial charge < -0.3 is 0 Å². The molecule has 0 unspecified atom stereocenters. The summed E-state index contributed by atoms with van der Waals surface area (Å²) in [5, 5.41) is 4.30. The lowest BCUT2D eigenvalue weighted by molar-refractivity contribution is 1.04. The topological polar surface area (TPSA) is 88.0 Å². The predicted octanol–water partition coefficient (Wildman–Crippen LogP) is 3.25. The minimum Gasteiger partial charge on any atom is -0.299 e. The summed E-state index contributed by atoms with van der Waals surface area (Å²) in [5.41, 5.74) is 8.01. The average molecular weight is 358 g/mol. The predicted molar refractivity (Wildman–Crippen MR) is 106 cm³/mol. The average Bonchev–Trinajstić information content (AvgIpc) is 3.10. The summed E-state index contributed by atoms with van der Waals surface area (Å²) in [6.07, 6.45) is 1.82. The highest BCUT2D eigenvalue weighted by Gasteiger charge is 2.05. The van der Waals surface area contributed by atoms with Gasteiger partial charge in [-0.1, -0.05) is 24.3 Å². The molecule has 7 heteroatoms. The molecule has 2 heterocycles. The van der Waals surface area contributed by atoms with Gasteiger partial charge in [-0.25, -0.2) is 15.4 Å². The fraction of sp³-hybridized carbons (Fsp3) is 0.100. The minimum atomic E-state index is -0.213. The second-order valence-electron chi connectivity index (χ2n) is 6.19. The highest BCUT2D eigenvalue weighted by atomic mass is 16.1. The van der Waals surface area contributed by atoms with E-state index in [1.807, 2.05) is 66.3 Å². The van der Waals surface area contributed by atoms with Gasteiger partial charge in [-0.05, 0) is 43.7 Å². The van der Waals surface area contributed by atoms with Crippen LogP contribution in [-0.4, -0.2) is 25.2 Å². The molecule has 0 bridgehead atoms. The largest absolute Gasteiger partial charge is 0.299 e. The second-order valence-corrected chi connectivity index (χ2v) is 6.19. The van der Waals surface area contributed by atoms with Crippen LogP contribution in [0.15, 0.2) is 70.8 Å². The summed E-state index contributed by atoms with van der Waals surface area (Å²) in [7, 11) is 0. The summed E-state index contributed by atoms with van der Waals surface area (Å²) >= 11 is 0. The molecule has 0 saturated heterocycles. The third-order valence-corrected chi connectivity index (χ3v) is 4.22. The van der Waals surface area contributed by atoms with Gasteiger partial charge in [-0.15, -0.1) is 0 Å². The van der Waals surface area contributed by atoms with E-state index < -0.39 is 0 Å². The molecular formula is C20H18N6O. The van der Waals surface area contributed by atoms with E-state index in [1.54, 1.807) is 6.92 Å². The van der Waals surface area contributed by atoms with Gasteiger partial charge in [0.05, 0.1) is 16.7 Å². The highest BCUT2D eigenvalue weighted by molar-refractivity contribution is 5.99. The van der Waals surface area contributed by atoms with Crippen molar-refractivity contribution in [2.45, 2.75) is 13.8 Å². The summed E-state index contributed by atoms with van der Waals surface area (Å²) in [4.78, 5) is 22.7. The first-order valence-electron chi connectivity index (χ1n) is 8.51. The molecule has 134 valence electrons. The van der Waals surface area contributed by atoms with Gasteiger partial charge in [0.2, 0.25) is 5.95 Å². The Kier molecular flexibility index (Phi) is 4.25. The molecule has 0 aliphatic rings. The van der Waals surface area contributed by atoms with E-state index in [1.165, 1.54) is 6.07 Å². The Balaban J connectivity index is 1.57. The van der Waals surface area contributed by atoms with Crippen molar-refractivity contribution < 1.29 is 0 Å². The number of benzene rings is 2. The molecule has 0 saturated carbocycles. The van der Waals surface area contributed by atoms with Crippen LogP contribution in [0.25, 0.3) is 16.7 Å². The quantitative estimate of drug-likeness (QED) is 0.433. The van der Waals surface area contributed by atoms with Crippen molar-refractivity contribution in [2.75, 3.05) is 5.43 Å². The Labute approximate surface area is 155 Å². The number of imidazole rings is 1. The molecule has 4 aromatic rings. The number of rotatable bonds is 4. The van der Waals surface area contributed by atoms with Gasteiger partial charge in [0.1, 0.15) is 6.33 Å². The summed E-state index contributed by atoms with van der Waals surface area (Å²) in [6.45, 7) is 3.65. The van der Waals surface area contributed by atoms with E-state index in [0.717, 1.165) is 28.0 Å². The van der Waals surface area contributed by atoms with Gasteiger partial charge in [0, 0.05) is 17.4 Å². The molecule has 27 heavy (non-hydrogen) atoms. The third kappa shape index (κ3) is 3.48. The Morgan fingerprint density at radius 3 is 2.70 bits per heavy atom. The van der Waals surface area contributed by atoms with Crippen molar-refractivity contribution in [2.24, 2.45) is 5.10 Å². The van der Waals surface area contributed by atoms with Crippen LogP contribution in [0, 0.1) is 6.92 Å². The van der Waals surface area contributed by atoms with E-state index in [0.29, 0.717) is 11.6 Å². The van der Waals surface area contributed by atoms with Gasteiger partial charge >= 0.3 is 0 Å². The zero-order valence-corrected chi connectivity index (χ0v) is 15.0. The van der Waals surface area contributed by atoms with Gasteiger partial charge in [0.25, 0.3) is 5.56 Å². The normalized spacial score (nSPS) is 11.7. The van der Waals surface area contributed by atoms with E-state index >= 15 is 0 Å². The number of fused-ring (bicyclic) bond motifs is 1. The fourth-order valence-electron chi connectivity index (χ4n) is 2.86. The Morgan fingerprint density at radius 2 is 1.93 bits per heavy atom. The maximum absolute atomic E-state index is 11.5. The smallest absolute Gasteiger partial charge is 0.252 e. The summed E-state index contributed by atoms with van der Waals surface area (Å²) < 4.78 is 2.05. The van der Waals surface area contributed by atoms with E-state index in [4.69, 9.17) is 0 Å². The molecule has 0 atom stereocenters. The number of aromatic amines is 1. The first kappa shape index (κ1) is 16.7. The molecule has 0 aliphatic carbocycles. The lowest BCUT2D eigenvalue weighted by atomic mass is 10.1. The van der Waals surface area contributed by atoms with Crippen LogP contribution in [-0.2, 0) is 0 Å². The Hall–Kier alpha value is -3.74. The van der Waals surface area contributed by atoms with E-state index in [9.17, 15) is 4.79 Å². The van der Waals surface area contributed by atoms with Gasteiger partial charge in [0.15, 0.2) is 0 Å². The third-order valence-electron chi connectivity index (χ3n) is 4.22. The molecule has 4 rings (SSSR count). The van der Waals surface area contributed by atoms with Crippen LogP contribution in [0.4, 0.5) is 5.95 Å². The van der Waals surface area contributed by atoms with Crippen molar-refractivity contribution in [3.8, 4) is 5.69 Å². The lowest BCUT2D eigenvalue weighted by Gasteiger charge is -2.07. The van der Waals surface area contributed by atoms with Gasteiger partial charge in [-0.3, -0.25) is 14.3 Å². The number of aryl methyl sites for hydroxylation is 1. The zero-order valence-electron chi connectivity index (χ0n) is 15.0. The summed E-state index contributed by atoms with van der Waals surface area (Å²) in [6, 6.07) is 17.5. The zero-order chi connectivity index (χ0) is 18.8. The van der Waals surface area contributed by atoms with Gasteiger partial charge in [-0.2, -0.15) is 5.10 Å². The number of H-pyrrole nitrogens is 1. The molecule has 0 amide bonds. The number of aromatic nitrogens is 4. The lowest BCUT2D eigenvalue weighted by Crippen LogP contribution is -2.11. The molecule has 7 nitrogen and oxygen atoms in total. The van der Waals surface area contributed by atoms with Crippen molar-refractivity contribution in [1.82, 2.24) is 19.5 Å². The Morgan fingerprint density at radius 1 is 1.15 bits per heavy atom. The number of hydrogen-bond acceptors (Lipinski definition) is 5. The number of anilines is 1. The monoisotopic (exact) mass is 358 g/mol. The number of para-hydroxylation sites is 2. The molecule has 0 aliphatic heterocycles. The molecular weight excluding hydrogens is 340 g/mol. The first-order chi connectivity index (χ1) is 13.1. The van der Waals surface area contributed by atoms with Crippen LogP contribution >= 0.6 is 0 Å². The second kappa shape index (κ2) is 6.87. The number of nitrogens with one attached hydrogen (secondary N) is 2. The molecule has 0 fully saturated rings. The van der Waals surface area contributed by atoms with Crippen LogP contribution in [0.5, 0.6) is 0 Å². The van der Waals surface area contributed by atoms with Crippen LogP contribution in [0.3, 0.4) is 0 Å². The standard InChI is InChI=1S/C20H18N6O/c1-13-11-19(27)23-20(22-13)25-24-14(2)15-7-9-16(10-8-15)26-12-21-17-5-3-4-6-18(17)26/h3-12H,1-2H3,(H2,22,23,25,27)/b24-14-. The van der Waals surface area contributed by atoms with E-state index in [-0.39, 0.29) is 5.56 Å². The van der Waals surface area contributed by atoms with Crippen LogP contribution in [0.1, 0.15) is 18.2 Å². The molecule has 2 N–H and O–H groups in total. The maximum Gasteiger partial charge on any atom is 0.252 e. The van der Waals surface area contributed by atoms with E-state index in [2.05, 4.69) is 25.5 Å². The Bertz CT molecular complexity index is 1190. The molecule has 0 radical (unpaired) electrons. The van der Waals surface area contributed by atoms with Crippen LogP contribution in [0.2, 0.25) is 0 Å². The highest BCUT2D eigenvalue weighted by Crippen LogP contribution is 2.18. The number of hydrogen-bond donors (Lipinski definition) is 2. The number of hydrazone groups is 1. The molecule has 0 spiro atoms. The van der Waals surface area contributed by atoms with Crippen molar-refractivity contribution in [1.29, 1.82) is 0 Å². The fourth-order valence-corrected chi connectivity index (χ4v) is 2.86. The van der Waals surface area contributed by atoms with Crippen molar-refractivity contribution >= 4 is 22.7 Å². The number of nitrogens with zero attached hydrogens (tertiary/aromatic N) is 4. The maximum atomic E-state index is 11.5. The molecule has 2 aromatic carbocycles. The first-order valence-corrected chi connectivity index (χ1v) is 8.51.